The molecule has 0 unspecified atom stereocenters. The fourth-order valence-corrected chi connectivity index (χ4v) is 0.703. The van der Waals surface area contributed by atoms with Crippen molar-refractivity contribution in [1.82, 2.24) is 0 Å². The van der Waals surface area contributed by atoms with Crippen molar-refractivity contribution in [1.29, 1.82) is 0 Å². The van der Waals surface area contributed by atoms with Gasteiger partial charge in [-0.05, 0) is 6.42 Å². The van der Waals surface area contributed by atoms with Crippen LogP contribution < -0.4 is 20.0 Å². The first-order valence-electron chi connectivity index (χ1n) is 3.41. The lowest BCUT2D eigenvalue weighted by molar-refractivity contribution is -0.342. The van der Waals surface area contributed by atoms with Gasteiger partial charge in [-0.1, -0.05) is 5.16 Å². The highest BCUT2D eigenvalue weighted by atomic mass is 31.2. The second-order valence-corrected chi connectivity index (χ2v) is 3.28. The van der Waals surface area contributed by atoms with Gasteiger partial charge in [-0.25, -0.2) is 0 Å². The van der Waals surface area contributed by atoms with Crippen LogP contribution in [0, 0.1) is 0 Å². The average molecular weight is 237 g/mol. The van der Waals surface area contributed by atoms with Gasteiger partial charge < -0.3 is 38.8 Å². The fourth-order valence-electron chi connectivity index (χ4n) is 0.505. The Morgan fingerprint density at radius 2 is 1.73 bits per heavy atom. The van der Waals surface area contributed by atoms with Gasteiger partial charge in [0, 0.05) is 12.4 Å². The zero-order valence-electron chi connectivity index (χ0n) is 7.07. The molecule has 10 heteroatoms. The standard InChI is InChI=1S/C5H8NO8P/c7-4(8)2-1-3(5(9)10)6-14-15(11,12)13/h1-2H2,(H,7,8)(H,9,10)(H2,11,12,13)/p-4/b6-3-. The number of oxime groups is 1. The van der Waals surface area contributed by atoms with Crippen molar-refractivity contribution in [3.05, 3.63) is 0 Å². The van der Waals surface area contributed by atoms with E-state index < -0.39 is 38.3 Å². The molecule has 0 aromatic rings. The minimum absolute atomic E-state index is 0.676. The van der Waals surface area contributed by atoms with Crippen molar-refractivity contribution in [3.63, 3.8) is 0 Å². The van der Waals surface area contributed by atoms with E-state index in [-0.39, 0.29) is 0 Å². The summed E-state index contributed by atoms with van der Waals surface area (Å²) in [4.78, 5) is 39.9. The summed E-state index contributed by atoms with van der Waals surface area (Å²) in [5, 5.41) is 22.6. The Morgan fingerprint density at radius 3 is 2.07 bits per heavy atom. The van der Waals surface area contributed by atoms with E-state index in [0.29, 0.717) is 0 Å². The molecule has 0 heterocycles. The molecule has 0 saturated heterocycles. The summed E-state index contributed by atoms with van der Waals surface area (Å²) in [6.07, 6.45) is -1.40. The monoisotopic (exact) mass is 237 g/mol. The molecule has 9 nitrogen and oxygen atoms in total. The molecular weight excluding hydrogens is 233 g/mol. The van der Waals surface area contributed by atoms with E-state index in [1.807, 2.05) is 0 Å². The fraction of sp³-hybridized carbons (Fsp3) is 0.400. The summed E-state index contributed by atoms with van der Waals surface area (Å²) >= 11 is 0. The number of nitrogens with zero attached hydrogens (tertiary/aromatic N) is 1. The van der Waals surface area contributed by atoms with Crippen molar-refractivity contribution in [2.24, 2.45) is 5.16 Å². The van der Waals surface area contributed by atoms with Crippen LogP contribution in [-0.2, 0) is 18.8 Å². The minimum Gasteiger partial charge on any atom is -0.778 e. The number of rotatable bonds is 6. The van der Waals surface area contributed by atoms with Gasteiger partial charge >= 0.3 is 0 Å². The predicted octanol–water partition coefficient (Wildman–Crippen LogP) is -4.53. The summed E-state index contributed by atoms with van der Waals surface area (Å²) in [6.45, 7) is 0. The molecule has 0 atom stereocenters. The van der Waals surface area contributed by atoms with Crippen molar-refractivity contribution in [3.8, 4) is 0 Å². The molecule has 0 fully saturated rings. The van der Waals surface area contributed by atoms with E-state index >= 15 is 0 Å². The number of phosphoric acid groups is 1. The Balaban J connectivity index is 4.46. The van der Waals surface area contributed by atoms with E-state index in [4.69, 9.17) is 0 Å². The molecule has 0 aromatic heterocycles. The third kappa shape index (κ3) is 7.62. The third-order valence-electron chi connectivity index (χ3n) is 1.05. The van der Waals surface area contributed by atoms with Crippen LogP contribution in [0.2, 0.25) is 0 Å². The van der Waals surface area contributed by atoms with Crippen LogP contribution in [0.4, 0.5) is 0 Å². The Hall–Kier alpha value is -1.44. The van der Waals surface area contributed by atoms with Crippen LogP contribution in [-0.4, -0.2) is 17.7 Å². The molecule has 0 amide bonds. The molecule has 0 aliphatic heterocycles. The van der Waals surface area contributed by atoms with Gasteiger partial charge in [-0.3, -0.25) is 0 Å². The van der Waals surface area contributed by atoms with Gasteiger partial charge in [0.1, 0.15) is 13.5 Å². The van der Waals surface area contributed by atoms with Gasteiger partial charge in [0.25, 0.3) is 0 Å². The predicted molar refractivity (Wildman–Crippen MR) is 35.4 cm³/mol. The van der Waals surface area contributed by atoms with Crippen LogP contribution in [0.3, 0.4) is 0 Å². The number of carboxylic acid groups (broad SMARTS) is 2. The quantitative estimate of drug-likeness (QED) is 0.253. The Bertz CT molecular complexity index is 330. The Labute approximate surface area is 83.2 Å². The summed E-state index contributed by atoms with van der Waals surface area (Å²) < 4.78 is 13.2. The number of carbonyl (C=O) groups is 2. The normalized spacial score (nSPS) is 12.3. The van der Waals surface area contributed by atoms with Crippen LogP contribution in [0.25, 0.3) is 0 Å². The van der Waals surface area contributed by atoms with E-state index in [2.05, 4.69) is 9.78 Å². The van der Waals surface area contributed by atoms with Crippen LogP contribution >= 0.6 is 7.82 Å². The molecule has 86 valence electrons. The van der Waals surface area contributed by atoms with Crippen molar-refractivity contribution in [2.45, 2.75) is 12.8 Å². The number of hydrogen-bond donors (Lipinski definition) is 0. The first-order chi connectivity index (χ1) is 6.72. The molecule has 0 rings (SSSR count). The molecule has 0 aromatic carbocycles. The molecule has 0 radical (unpaired) electrons. The van der Waals surface area contributed by atoms with Gasteiger partial charge in [-0.2, -0.15) is 0 Å². The summed E-state index contributed by atoms with van der Waals surface area (Å²) in [5.74, 6) is -3.51. The molecular formula is C5H4NO8P-4. The van der Waals surface area contributed by atoms with E-state index in [1.54, 1.807) is 0 Å². The SMILES string of the molecule is O=C([O-])CC/C(=N/OP(=O)([O-])[O-])C(=O)[O-]. The smallest absolute Gasteiger partial charge is 0.146 e. The second kappa shape index (κ2) is 5.44. The maximum absolute atomic E-state index is 10.2. The van der Waals surface area contributed by atoms with Gasteiger partial charge in [0.2, 0.25) is 0 Å². The van der Waals surface area contributed by atoms with Gasteiger partial charge in [0.05, 0.1) is 5.97 Å². The highest BCUT2D eigenvalue weighted by Crippen LogP contribution is 2.24. The average Bonchev–Trinajstić information content (AvgIpc) is 2.00. The maximum atomic E-state index is 10.2. The van der Waals surface area contributed by atoms with Crippen LogP contribution in [0.5, 0.6) is 0 Å². The van der Waals surface area contributed by atoms with Crippen molar-refractivity contribution in [2.75, 3.05) is 0 Å². The first kappa shape index (κ1) is 13.6. The van der Waals surface area contributed by atoms with E-state index in [9.17, 15) is 34.2 Å². The highest BCUT2D eigenvalue weighted by molar-refractivity contribution is 7.43. The zero-order chi connectivity index (χ0) is 12.1. The summed E-state index contributed by atoms with van der Waals surface area (Å²) in [7, 11) is -5.45. The molecule has 0 aliphatic rings. The number of aliphatic carboxylic acids is 2. The largest absolute Gasteiger partial charge is 0.778 e. The molecule has 0 aliphatic carbocycles. The van der Waals surface area contributed by atoms with Crippen LogP contribution in [0.1, 0.15) is 12.8 Å². The van der Waals surface area contributed by atoms with Gasteiger partial charge in [0.15, 0.2) is 0 Å². The number of carbonyl (C=O) groups excluding carboxylic acids is 2. The molecule has 0 N–H and O–H groups in total. The second-order valence-electron chi connectivity index (χ2n) is 2.23. The van der Waals surface area contributed by atoms with E-state index in [0.717, 1.165) is 0 Å². The highest BCUT2D eigenvalue weighted by Gasteiger charge is 2.02. The minimum atomic E-state index is -5.45. The van der Waals surface area contributed by atoms with Crippen LogP contribution in [0.15, 0.2) is 5.16 Å². The molecule has 0 spiro atoms. The number of carboxylic acids is 2. The Morgan fingerprint density at radius 1 is 1.20 bits per heavy atom. The van der Waals surface area contributed by atoms with Crippen molar-refractivity contribution < 1.29 is 38.8 Å². The third-order valence-corrected chi connectivity index (χ3v) is 1.33. The van der Waals surface area contributed by atoms with Crippen molar-refractivity contribution >= 4 is 25.5 Å². The summed E-state index contributed by atoms with van der Waals surface area (Å²) in [5.41, 5.74) is -1.01. The Kier molecular flexibility index (Phi) is 4.92. The zero-order valence-corrected chi connectivity index (χ0v) is 7.97. The number of hydrogen-bond acceptors (Lipinski definition) is 9. The molecule has 0 bridgehead atoms. The lowest BCUT2D eigenvalue weighted by Gasteiger charge is -2.25. The topological polar surface area (TPSA) is 165 Å². The maximum Gasteiger partial charge on any atom is 0.146 e. The molecule has 0 saturated carbocycles. The first-order valence-corrected chi connectivity index (χ1v) is 4.87. The lowest BCUT2D eigenvalue weighted by Crippen LogP contribution is -2.33. The van der Waals surface area contributed by atoms with Gasteiger partial charge in [-0.15, -0.1) is 0 Å². The lowest BCUT2D eigenvalue weighted by atomic mass is 10.2. The summed E-state index contributed by atoms with van der Waals surface area (Å²) in [6, 6.07) is 0. The molecule has 15 heavy (non-hydrogen) atoms. The van der Waals surface area contributed by atoms with E-state index in [1.165, 1.54) is 0 Å².